The van der Waals surface area contributed by atoms with Crippen molar-refractivity contribution >= 4 is 23.6 Å². The number of benzene rings is 1. The highest BCUT2D eigenvalue weighted by Crippen LogP contribution is 2.24. The van der Waals surface area contributed by atoms with Crippen molar-refractivity contribution in [3.8, 4) is 6.07 Å². The van der Waals surface area contributed by atoms with Crippen LogP contribution in [0.25, 0.3) is 0 Å². The van der Waals surface area contributed by atoms with Crippen LogP contribution < -0.4 is 5.32 Å². The van der Waals surface area contributed by atoms with Crippen LogP contribution in [-0.4, -0.2) is 55.3 Å². The lowest BCUT2D eigenvalue weighted by Gasteiger charge is -2.33. The van der Waals surface area contributed by atoms with E-state index < -0.39 is 0 Å². The summed E-state index contributed by atoms with van der Waals surface area (Å²) in [5.41, 5.74) is 2.03. The van der Waals surface area contributed by atoms with Gasteiger partial charge in [0, 0.05) is 38.9 Å². The number of nitriles is 1. The van der Waals surface area contributed by atoms with E-state index in [-0.39, 0.29) is 11.9 Å². The van der Waals surface area contributed by atoms with Crippen molar-refractivity contribution < 1.29 is 4.79 Å². The molecule has 6 nitrogen and oxygen atoms in total. The first kappa shape index (κ1) is 17.5. The van der Waals surface area contributed by atoms with Gasteiger partial charge in [0.25, 0.3) is 0 Å². The van der Waals surface area contributed by atoms with Crippen LogP contribution in [0.4, 0.5) is 11.4 Å². The van der Waals surface area contributed by atoms with Crippen LogP contribution in [0.3, 0.4) is 0 Å². The molecule has 1 aliphatic heterocycles. The molecule has 0 saturated carbocycles. The van der Waals surface area contributed by atoms with Gasteiger partial charge in [-0.25, -0.2) is 4.99 Å². The first-order valence-corrected chi connectivity index (χ1v) is 7.96. The van der Waals surface area contributed by atoms with Crippen LogP contribution in [-0.2, 0) is 4.79 Å². The molecule has 1 aliphatic rings. The highest BCUT2D eigenvalue weighted by atomic mass is 16.2. The van der Waals surface area contributed by atoms with E-state index in [0.717, 1.165) is 25.1 Å². The summed E-state index contributed by atoms with van der Waals surface area (Å²) < 4.78 is 0. The molecule has 0 unspecified atom stereocenters. The van der Waals surface area contributed by atoms with Gasteiger partial charge in [0.1, 0.15) is 6.07 Å². The Hall–Kier alpha value is -2.81. The molecule has 24 heavy (non-hydrogen) atoms. The maximum atomic E-state index is 11.8. The van der Waals surface area contributed by atoms with Crippen LogP contribution in [0.1, 0.15) is 18.4 Å². The fraction of sp³-hybridized carbons (Fsp3) is 0.389. The van der Waals surface area contributed by atoms with Crippen molar-refractivity contribution in [1.82, 2.24) is 9.80 Å². The van der Waals surface area contributed by atoms with Gasteiger partial charge in [-0.3, -0.25) is 4.79 Å². The third-order valence-electron chi connectivity index (χ3n) is 3.82. The Labute approximate surface area is 143 Å². The zero-order valence-electron chi connectivity index (χ0n) is 14.2. The minimum atomic E-state index is -0.0346. The first-order valence-electron chi connectivity index (χ1n) is 7.96. The second kappa shape index (κ2) is 8.16. The normalized spacial score (nSPS) is 17.4. The number of rotatable bonds is 5. The van der Waals surface area contributed by atoms with Crippen LogP contribution in [0.2, 0.25) is 0 Å². The number of hydrogen-bond donors (Lipinski definition) is 1. The maximum Gasteiger partial charge on any atom is 0.246 e. The molecule has 1 N–H and O–H groups in total. The summed E-state index contributed by atoms with van der Waals surface area (Å²) in [7, 11) is 3.76. The Kier molecular flexibility index (Phi) is 5.96. The van der Waals surface area contributed by atoms with E-state index in [4.69, 9.17) is 0 Å². The lowest BCUT2D eigenvalue weighted by atomic mass is 10.0. The Morgan fingerprint density at radius 2 is 2.33 bits per heavy atom. The number of hydrogen-bond acceptors (Lipinski definition) is 4. The number of anilines is 1. The highest BCUT2D eigenvalue weighted by Gasteiger charge is 2.22. The summed E-state index contributed by atoms with van der Waals surface area (Å²) in [6.07, 6.45) is 4.97. The van der Waals surface area contributed by atoms with Gasteiger partial charge >= 0.3 is 0 Å². The molecule has 0 spiro atoms. The molecule has 1 aromatic carbocycles. The predicted molar refractivity (Wildman–Crippen MR) is 96.4 cm³/mol. The third kappa shape index (κ3) is 4.59. The molecule has 0 aliphatic carbocycles. The van der Waals surface area contributed by atoms with E-state index in [1.54, 1.807) is 17.3 Å². The van der Waals surface area contributed by atoms with Gasteiger partial charge in [0.15, 0.2) is 0 Å². The number of nitrogens with zero attached hydrogens (tertiary/aromatic N) is 4. The van der Waals surface area contributed by atoms with Gasteiger partial charge in [-0.2, -0.15) is 5.26 Å². The van der Waals surface area contributed by atoms with E-state index in [9.17, 15) is 10.1 Å². The van der Waals surface area contributed by atoms with Gasteiger partial charge in [-0.1, -0.05) is 6.58 Å². The summed E-state index contributed by atoms with van der Waals surface area (Å²) in [4.78, 5) is 19.7. The van der Waals surface area contributed by atoms with Gasteiger partial charge in [-0.15, -0.1) is 0 Å². The second-order valence-corrected chi connectivity index (χ2v) is 6.02. The minimum absolute atomic E-state index is 0.0346. The lowest BCUT2D eigenvalue weighted by Crippen LogP contribution is -2.44. The van der Waals surface area contributed by atoms with Crippen LogP contribution >= 0.6 is 0 Å². The lowest BCUT2D eigenvalue weighted by molar-refractivity contribution is -0.127. The van der Waals surface area contributed by atoms with Crippen LogP contribution in [0.15, 0.2) is 35.8 Å². The molecule has 126 valence electrons. The predicted octanol–water partition coefficient (Wildman–Crippen LogP) is 2.37. The smallest absolute Gasteiger partial charge is 0.246 e. The molecule has 1 heterocycles. The van der Waals surface area contributed by atoms with Crippen molar-refractivity contribution in [1.29, 1.82) is 5.26 Å². The number of likely N-dealkylation sites (tertiary alicyclic amines) is 1. The number of nitrogens with one attached hydrogen (secondary N) is 1. The molecule has 1 aromatic rings. The summed E-state index contributed by atoms with van der Waals surface area (Å²) in [5.74, 6) is -0.0346. The van der Waals surface area contributed by atoms with Crippen molar-refractivity contribution in [3.05, 3.63) is 36.4 Å². The second-order valence-electron chi connectivity index (χ2n) is 6.02. The molecule has 0 aromatic heterocycles. The molecule has 1 atom stereocenters. The summed E-state index contributed by atoms with van der Waals surface area (Å²) in [6.45, 7) is 4.96. The van der Waals surface area contributed by atoms with Gasteiger partial charge in [0.05, 0.1) is 17.6 Å². The molecular formula is C18H23N5O. The summed E-state index contributed by atoms with van der Waals surface area (Å²) in [6, 6.07) is 7.90. The van der Waals surface area contributed by atoms with E-state index >= 15 is 0 Å². The van der Waals surface area contributed by atoms with E-state index in [1.165, 1.54) is 6.08 Å². The number of piperidine rings is 1. The molecule has 0 bridgehead atoms. The number of amides is 1. The Balaban J connectivity index is 2.08. The molecule has 1 amide bonds. The fourth-order valence-electron chi connectivity index (χ4n) is 2.67. The third-order valence-corrected chi connectivity index (χ3v) is 3.82. The number of aliphatic imine (C=N–C) groups is 1. The Morgan fingerprint density at radius 1 is 1.54 bits per heavy atom. The van der Waals surface area contributed by atoms with E-state index in [1.807, 2.05) is 31.1 Å². The standard InChI is InChI=1S/C18H23N5O/c1-4-18(24)23-9-5-6-16(12-23)21-15-7-8-17(14(10-15)11-19)20-13-22(2)3/h4,7-8,10,13,16,21H,1,5-6,9,12H2,2-3H3/t16-/m1/s1. The van der Waals surface area contributed by atoms with Gasteiger partial charge in [0.2, 0.25) is 5.91 Å². The molecule has 2 rings (SSSR count). The van der Waals surface area contributed by atoms with Gasteiger partial charge < -0.3 is 15.1 Å². The highest BCUT2D eigenvalue weighted by molar-refractivity contribution is 5.87. The quantitative estimate of drug-likeness (QED) is 0.512. The SMILES string of the molecule is C=CC(=O)N1CCC[C@@H](Nc2ccc(N=CN(C)C)c(C#N)c2)C1. The fourth-order valence-corrected chi connectivity index (χ4v) is 2.67. The topological polar surface area (TPSA) is 71.7 Å². The van der Waals surface area contributed by atoms with E-state index in [0.29, 0.717) is 17.8 Å². The van der Waals surface area contributed by atoms with Crippen LogP contribution in [0, 0.1) is 11.3 Å². The molecule has 1 fully saturated rings. The Morgan fingerprint density at radius 3 is 3.00 bits per heavy atom. The Bertz CT molecular complexity index is 674. The number of carbonyl (C=O) groups excluding carboxylic acids is 1. The largest absolute Gasteiger partial charge is 0.380 e. The molecule has 1 saturated heterocycles. The van der Waals surface area contributed by atoms with E-state index in [2.05, 4.69) is 23.0 Å². The average molecular weight is 325 g/mol. The monoisotopic (exact) mass is 325 g/mol. The van der Waals surface area contributed by atoms with Crippen molar-refractivity contribution in [2.45, 2.75) is 18.9 Å². The van der Waals surface area contributed by atoms with Crippen molar-refractivity contribution in [2.75, 3.05) is 32.5 Å². The van der Waals surface area contributed by atoms with Crippen LogP contribution in [0.5, 0.6) is 0 Å². The van der Waals surface area contributed by atoms with Crippen molar-refractivity contribution in [3.63, 3.8) is 0 Å². The maximum absolute atomic E-state index is 11.8. The molecule has 0 radical (unpaired) electrons. The zero-order valence-corrected chi connectivity index (χ0v) is 14.2. The first-order chi connectivity index (χ1) is 11.5. The number of carbonyl (C=O) groups is 1. The zero-order chi connectivity index (χ0) is 17.5. The molecule has 6 heteroatoms. The summed E-state index contributed by atoms with van der Waals surface area (Å²) >= 11 is 0. The van der Waals surface area contributed by atoms with Crippen molar-refractivity contribution in [2.24, 2.45) is 4.99 Å². The minimum Gasteiger partial charge on any atom is -0.380 e. The molecular weight excluding hydrogens is 302 g/mol. The summed E-state index contributed by atoms with van der Waals surface area (Å²) in [5, 5.41) is 12.7. The van der Waals surface area contributed by atoms with Gasteiger partial charge in [-0.05, 0) is 37.1 Å². The average Bonchev–Trinajstić information content (AvgIpc) is 2.59.